The van der Waals surface area contributed by atoms with Crippen LogP contribution in [0.4, 0.5) is 0 Å². The maximum atomic E-state index is 5.79. The molecule has 1 fully saturated rings. The van der Waals surface area contributed by atoms with Crippen LogP contribution in [0.5, 0.6) is 0 Å². The normalized spacial score (nSPS) is 26.8. The van der Waals surface area contributed by atoms with Gasteiger partial charge in [-0.1, -0.05) is 6.92 Å². The molecule has 0 aliphatic carbocycles. The van der Waals surface area contributed by atoms with E-state index in [1.807, 2.05) is 6.92 Å². The molecule has 1 aliphatic heterocycles. The summed E-state index contributed by atoms with van der Waals surface area (Å²) in [6.07, 6.45) is 1.16. The van der Waals surface area contributed by atoms with Gasteiger partial charge in [0.2, 0.25) is 0 Å². The van der Waals surface area contributed by atoms with E-state index in [2.05, 4.69) is 6.92 Å². The Kier molecular flexibility index (Phi) is 5.36. The van der Waals surface area contributed by atoms with Crippen LogP contribution in [-0.4, -0.2) is 54.7 Å². The van der Waals surface area contributed by atoms with Crippen LogP contribution in [0.1, 0.15) is 20.3 Å². The van der Waals surface area contributed by atoms with Crippen molar-refractivity contribution in [2.45, 2.75) is 38.2 Å². The van der Waals surface area contributed by atoms with Crippen LogP contribution in [0.25, 0.3) is 0 Å². The van der Waals surface area contributed by atoms with Gasteiger partial charge in [-0.15, -0.1) is 0 Å². The number of epoxide rings is 1. The van der Waals surface area contributed by atoms with Crippen molar-refractivity contribution in [2.24, 2.45) is 0 Å². The highest BCUT2D eigenvalue weighted by Gasteiger charge is 2.59. The van der Waals surface area contributed by atoms with Crippen molar-refractivity contribution in [2.75, 3.05) is 27.9 Å². The van der Waals surface area contributed by atoms with Gasteiger partial charge in [-0.3, -0.25) is 0 Å². The smallest absolute Gasteiger partial charge is 0.375 e. The topological polar surface area (TPSA) is 49.5 Å². The molecule has 96 valence electrons. The second kappa shape index (κ2) is 6.09. The fourth-order valence-corrected chi connectivity index (χ4v) is 4.03. The predicted molar refractivity (Wildman–Crippen MR) is 61.1 cm³/mol. The van der Waals surface area contributed by atoms with E-state index in [0.717, 1.165) is 6.42 Å². The molecule has 0 aromatic carbocycles. The fraction of sp³-hybridized carbons (Fsp3) is 1.00. The van der Waals surface area contributed by atoms with Crippen molar-refractivity contribution >= 4 is 8.80 Å². The SMILES string of the molecule is CCCOC(C1OC1C)[Si](OC)(OC)OC. The molecule has 0 spiro atoms. The summed E-state index contributed by atoms with van der Waals surface area (Å²) < 4.78 is 27.5. The van der Waals surface area contributed by atoms with Crippen molar-refractivity contribution in [1.29, 1.82) is 0 Å². The Bertz CT molecular complexity index is 201. The average Bonchev–Trinajstić information content (AvgIpc) is 3.02. The third-order valence-electron chi connectivity index (χ3n) is 2.76. The molecule has 0 N–H and O–H groups in total. The number of ether oxygens (including phenoxy) is 2. The minimum Gasteiger partial charge on any atom is -0.375 e. The fourth-order valence-electron chi connectivity index (χ4n) is 1.76. The molecule has 0 aromatic heterocycles. The molecule has 0 amide bonds. The predicted octanol–water partition coefficient (Wildman–Crippen LogP) is 0.986. The lowest BCUT2D eigenvalue weighted by molar-refractivity contribution is 0.00131. The lowest BCUT2D eigenvalue weighted by Gasteiger charge is -2.31. The number of hydrogen-bond acceptors (Lipinski definition) is 5. The number of hydrogen-bond donors (Lipinski definition) is 0. The largest absolute Gasteiger partial charge is 0.533 e. The summed E-state index contributed by atoms with van der Waals surface area (Å²) in [5.74, 6) is 0. The second-order valence-electron chi connectivity index (χ2n) is 3.81. The molecule has 0 aromatic rings. The maximum Gasteiger partial charge on any atom is 0.533 e. The molecule has 0 bridgehead atoms. The molecule has 5 nitrogen and oxygen atoms in total. The van der Waals surface area contributed by atoms with Gasteiger partial charge in [0.25, 0.3) is 0 Å². The lowest BCUT2D eigenvalue weighted by Crippen LogP contribution is -2.58. The molecule has 6 heteroatoms. The highest BCUT2D eigenvalue weighted by atomic mass is 28.4. The molecule has 1 aliphatic rings. The Morgan fingerprint density at radius 3 is 2.00 bits per heavy atom. The quantitative estimate of drug-likeness (QED) is 0.475. The van der Waals surface area contributed by atoms with Gasteiger partial charge >= 0.3 is 8.80 Å². The summed E-state index contributed by atoms with van der Waals surface area (Å²) in [4.78, 5) is 0. The summed E-state index contributed by atoms with van der Waals surface area (Å²) in [6.45, 7) is 4.72. The first-order valence-electron chi connectivity index (χ1n) is 5.57. The molecule has 1 rings (SSSR count). The van der Waals surface area contributed by atoms with Gasteiger partial charge in [0.1, 0.15) is 6.10 Å². The van der Waals surface area contributed by atoms with E-state index in [9.17, 15) is 0 Å². The van der Waals surface area contributed by atoms with Gasteiger partial charge < -0.3 is 22.8 Å². The summed E-state index contributed by atoms with van der Waals surface area (Å²) in [7, 11) is 2.00. The molecule has 3 unspecified atom stereocenters. The molecule has 3 atom stereocenters. The van der Waals surface area contributed by atoms with Crippen molar-refractivity contribution < 1.29 is 22.8 Å². The van der Waals surface area contributed by atoms with Gasteiger partial charge in [-0.25, -0.2) is 0 Å². The highest BCUT2D eigenvalue weighted by Crippen LogP contribution is 2.32. The molecule has 16 heavy (non-hydrogen) atoms. The summed E-state index contributed by atoms with van der Waals surface area (Å²) in [5.41, 5.74) is -0.234. The Balaban J connectivity index is 2.71. The van der Waals surface area contributed by atoms with E-state index in [1.54, 1.807) is 21.3 Å². The van der Waals surface area contributed by atoms with Crippen LogP contribution in [0.15, 0.2) is 0 Å². The third-order valence-corrected chi connectivity index (χ3v) is 5.66. The van der Waals surface area contributed by atoms with Gasteiger partial charge in [0.05, 0.1) is 6.10 Å². The molecular formula is C10H22O5Si. The van der Waals surface area contributed by atoms with Gasteiger partial charge in [-0.2, -0.15) is 0 Å². The van der Waals surface area contributed by atoms with E-state index in [0.29, 0.717) is 6.61 Å². The number of rotatable bonds is 8. The van der Waals surface area contributed by atoms with Crippen LogP contribution < -0.4 is 0 Å². The Morgan fingerprint density at radius 2 is 1.69 bits per heavy atom. The van der Waals surface area contributed by atoms with Crippen molar-refractivity contribution in [3.05, 3.63) is 0 Å². The first-order valence-corrected chi connectivity index (χ1v) is 7.37. The Labute approximate surface area is 98.3 Å². The van der Waals surface area contributed by atoms with E-state index in [-0.39, 0.29) is 17.9 Å². The zero-order valence-corrected chi connectivity index (χ0v) is 11.7. The third kappa shape index (κ3) is 2.82. The van der Waals surface area contributed by atoms with E-state index in [1.165, 1.54) is 0 Å². The van der Waals surface area contributed by atoms with E-state index in [4.69, 9.17) is 22.8 Å². The van der Waals surface area contributed by atoms with Crippen LogP contribution in [-0.2, 0) is 22.8 Å². The lowest BCUT2D eigenvalue weighted by atomic mass is 10.3. The molecule has 0 radical (unpaired) electrons. The van der Waals surface area contributed by atoms with E-state index >= 15 is 0 Å². The standard InChI is InChI=1S/C10H22O5Si/c1-6-7-14-10(9-8(2)15-9)16(11-3,12-4)13-5/h8-10H,6-7H2,1-5H3. The summed E-state index contributed by atoms with van der Waals surface area (Å²) >= 11 is 0. The van der Waals surface area contributed by atoms with Crippen LogP contribution >= 0.6 is 0 Å². The Morgan fingerprint density at radius 1 is 1.19 bits per heavy atom. The van der Waals surface area contributed by atoms with Gasteiger partial charge in [0, 0.05) is 27.9 Å². The van der Waals surface area contributed by atoms with Crippen molar-refractivity contribution in [3.63, 3.8) is 0 Å². The molecule has 1 heterocycles. The van der Waals surface area contributed by atoms with Crippen LogP contribution in [0.3, 0.4) is 0 Å². The van der Waals surface area contributed by atoms with Crippen molar-refractivity contribution in [1.82, 2.24) is 0 Å². The van der Waals surface area contributed by atoms with Crippen LogP contribution in [0, 0.1) is 0 Å². The van der Waals surface area contributed by atoms with Crippen molar-refractivity contribution in [3.8, 4) is 0 Å². The first kappa shape index (κ1) is 14.1. The molecular weight excluding hydrogens is 228 g/mol. The minimum absolute atomic E-state index is 0.0260. The second-order valence-corrected chi connectivity index (χ2v) is 6.81. The summed E-state index contributed by atoms with van der Waals surface area (Å²) in [6, 6.07) is 0. The Hall–Kier alpha value is 0.0169. The van der Waals surface area contributed by atoms with Gasteiger partial charge in [-0.05, 0) is 13.3 Å². The molecule has 1 saturated heterocycles. The molecule has 0 saturated carbocycles. The highest BCUT2D eigenvalue weighted by molar-refractivity contribution is 6.62. The zero-order valence-electron chi connectivity index (χ0n) is 10.7. The van der Waals surface area contributed by atoms with Gasteiger partial charge in [0.15, 0.2) is 5.73 Å². The van der Waals surface area contributed by atoms with Crippen LogP contribution in [0.2, 0.25) is 0 Å². The summed E-state index contributed by atoms with van der Waals surface area (Å²) in [5, 5.41) is 0. The maximum absolute atomic E-state index is 5.79. The zero-order chi connectivity index (χ0) is 12.2. The first-order chi connectivity index (χ1) is 7.65. The monoisotopic (exact) mass is 250 g/mol. The average molecular weight is 250 g/mol. The van der Waals surface area contributed by atoms with E-state index < -0.39 is 8.80 Å². The minimum atomic E-state index is -2.77.